The summed E-state index contributed by atoms with van der Waals surface area (Å²) in [5.74, 6) is -1.56. The zero-order valence-electron chi connectivity index (χ0n) is 20.5. The lowest BCUT2D eigenvalue weighted by Crippen LogP contribution is -2.35. The van der Waals surface area contributed by atoms with Crippen LogP contribution in [0, 0.1) is 11.6 Å². The van der Waals surface area contributed by atoms with E-state index >= 15 is 0 Å². The maximum atomic E-state index is 14.2. The molecule has 7 rings (SSSR count). The minimum atomic E-state index is -0.958. The highest BCUT2D eigenvalue weighted by atomic mass is 19.2. The molecule has 0 saturated heterocycles. The largest absolute Gasteiger partial charge is 0.342 e. The molecule has 2 aromatic carbocycles. The van der Waals surface area contributed by atoms with E-state index < -0.39 is 28.5 Å². The quantitative estimate of drug-likeness (QED) is 0.375. The van der Waals surface area contributed by atoms with E-state index in [0.717, 1.165) is 22.8 Å². The maximum absolute atomic E-state index is 14.2. The molecule has 1 aliphatic carbocycles. The number of aromatic nitrogens is 2. The zero-order valence-corrected chi connectivity index (χ0v) is 20.5. The number of fused-ring (bicyclic) bond motifs is 4. The van der Waals surface area contributed by atoms with Crippen molar-refractivity contribution in [3.63, 3.8) is 0 Å². The van der Waals surface area contributed by atoms with Crippen LogP contribution in [0.25, 0.3) is 0 Å². The second kappa shape index (κ2) is 8.32. The van der Waals surface area contributed by atoms with Crippen molar-refractivity contribution in [3.8, 4) is 0 Å². The topological polar surface area (TPSA) is 107 Å². The number of anilines is 4. The van der Waals surface area contributed by atoms with E-state index in [9.17, 15) is 23.2 Å². The third-order valence-corrected chi connectivity index (χ3v) is 7.84. The Labute approximate surface area is 220 Å². The van der Waals surface area contributed by atoms with Crippen LogP contribution < -0.4 is 21.1 Å². The van der Waals surface area contributed by atoms with Crippen molar-refractivity contribution in [3.05, 3.63) is 111 Å². The first kappa shape index (κ1) is 23.3. The van der Waals surface area contributed by atoms with Gasteiger partial charge < -0.3 is 20.5 Å². The summed E-state index contributed by atoms with van der Waals surface area (Å²) in [6.07, 6.45) is 2.93. The molecule has 0 saturated carbocycles. The van der Waals surface area contributed by atoms with Gasteiger partial charge in [0.2, 0.25) is 11.5 Å². The Morgan fingerprint density at radius 1 is 1.03 bits per heavy atom. The zero-order chi connectivity index (χ0) is 26.9. The average molecular weight is 526 g/mol. The van der Waals surface area contributed by atoms with Crippen LogP contribution in [0.1, 0.15) is 32.6 Å². The highest BCUT2D eigenvalue weighted by molar-refractivity contribution is 6.08. The molecule has 1 unspecified atom stereocenters. The fourth-order valence-electron chi connectivity index (χ4n) is 6.02. The molecule has 2 aliphatic heterocycles. The molecule has 3 aliphatic rings. The number of nitrogens with one attached hydrogen (secondary N) is 3. The lowest BCUT2D eigenvalue weighted by molar-refractivity contribution is -0.120. The van der Waals surface area contributed by atoms with Crippen LogP contribution >= 0.6 is 0 Å². The van der Waals surface area contributed by atoms with Crippen molar-refractivity contribution in [2.75, 3.05) is 22.1 Å². The molecule has 0 fully saturated rings. The number of carbonyl (C=O) groups excluding carboxylic acids is 2. The number of nitrogens with zero attached hydrogens (tertiary/aromatic N) is 2. The summed E-state index contributed by atoms with van der Waals surface area (Å²) in [5.41, 5.74) is 3.02. The van der Waals surface area contributed by atoms with Gasteiger partial charge in [-0.15, -0.1) is 0 Å². The molecule has 2 aromatic heterocycles. The molecule has 2 amide bonds. The van der Waals surface area contributed by atoms with Crippen molar-refractivity contribution >= 4 is 34.8 Å². The molecule has 1 spiro atoms. The van der Waals surface area contributed by atoms with Gasteiger partial charge in [-0.05, 0) is 66.8 Å². The number of H-pyrrole nitrogens is 1. The SMILES string of the molecule is O=C(c1cc(Nc2ccc3c(c2)CC2(C3)C(=O)Nc3ncccc32)[nH]c(=O)c1)N1CCc2c1ccc(F)c2F. The Morgan fingerprint density at radius 2 is 1.87 bits per heavy atom. The molecule has 3 N–H and O–H groups in total. The molecule has 4 heterocycles. The summed E-state index contributed by atoms with van der Waals surface area (Å²) < 4.78 is 27.8. The Balaban J connectivity index is 1.15. The van der Waals surface area contributed by atoms with Gasteiger partial charge in [-0.3, -0.25) is 14.4 Å². The van der Waals surface area contributed by atoms with Gasteiger partial charge in [-0.1, -0.05) is 12.1 Å². The lowest BCUT2D eigenvalue weighted by Gasteiger charge is -2.20. The molecule has 1 atom stereocenters. The summed E-state index contributed by atoms with van der Waals surface area (Å²) in [6.45, 7) is 0.183. The van der Waals surface area contributed by atoms with Gasteiger partial charge in [0.15, 0.2) is 11.6 Å². The van der Waals surface area contributed by atoms with E-state index in [2.05, 4.69) is 20.6 Å². The summed E-state index contributed by atoms with van der Waals surface area (Å²) in [4.78, 5) is 47.1. The third kappa shape index (κ3) is 3.55. The van der Waals surface area contributed by atoms with Crippen LogP contribution in [0.4, 0.5) is 31.8 Å². The fourth-order valence-corrected chi connectivity index (χ4v) is 6.02. The molecule has 0 radical (unpaired) electrons. The molecule has 194 valence electrons. The minimum absolute atomic E-state index is 0.0661. The number of carbonyl (C=O) groups is 2. The maximum Gasteiger partial charge on any atom is 0.258 e. The monoisotopic (exact) mass is 525 g/mol. The normalized spacial score (nSPS) is 18.6. The van der Waals surface area contributed by atoms with Crippen LogP contribution in [0.2, 0.25) is 0 Å². The second-order valence-electron chi connectivity index (χ2n) is 10.1. The molecule has 10 heteroatoms. The van der Waals surface area contributed by atoms with Gasteiger partial charge in [0.25, 0.3) is 5.91 Å². The first-order valence-corrected chi connectivity index (χ1v) is 12.5. The van der Waals surface area contributed by atoms with E-state index in [0.29, 0.717) is 35.9 Å². The number of pyridine rings is 2. The number of rotatable bonds is 3. The van der Waals surface area contributed by atoms with Crippen molar-refractivity contribution < 1.29 is 18.4 Å². The van der Waals surface area contributed by atoms with Crippen LogP contribution in [-0.2, 0) is 29.5 Å². The first-order chi connectivity index (χ1) is 18.8. The van der Waals surface area contributed by atoms with Crippen LogP contribution in [0.3, 0.4) is 0 Å². The number of hydrogen-bond donors (Lipinski definition) is 3. The molecule has 4 aromatic rings. The molecule has 8 nitrogen and oxygen atoms in total. The summed E-state index contributed by atoms with van der Waals surface area (Å²) in [7, 11) is 0. The highest BCUT2D eigenvalue weighted by Gasteiger charge is 2.51. The second-order valence-corrected chi connectivity index (χ2v) is 10.1. The van der Waals surface area contributed by atoms with E-state index in [-0.39, 0.29) is 30.0 Å². The van der Waals surface area contributed by atoms with Gasteiger partial charge in [0.05, 0.1) is 11.1 Å². The van der Waals surface area contributed by atoms with Gasteiger partial charge in [0, 0.05) is 41.2 Å². The van der Waals surface area contributed by atoms with Crippen LogP contribution in [0.15, 0.2) is 65.6 Å². The Morgan fingerprint density at radius 3 is 2.74 bits per heavy atom. The van der Waals surface area contributed by atoms with Gasteiger partial charge in [0.1, 0.15) is 11.6 Å². The smallest absolute Gasteiger partial charge is 0.258 e. The summed E-state index contributed by atoms with van der Waals surface area (Å²) in [5, 5.41) is 6.05. The van der Waals surface area contributed by atoms with E-state index in [1.807, 2.05) is 30.3 Å². The Kier molecular flexibility index (Phi) is 4.97. The van der Waals surface area contributed by atoms with Crippen LogP contribution in [-0.4, -0.2) is 28.3 Å². The van der Waals surface area contributed by atoms with Crippen molar-refractivity contribution in [1.82, 2.24) is 9.97 Å². The number of aromatic amines is 1. The predicted octanol–water partition coefficient (Wildman–Crippen LogP) is 3.98. The molecular formula is C29H21F2N5O3. The average Bonchev–Trinajstić information content (AvgIpc) is 3.60. The van der Waals surface area contributed by atoms with Crippen LogP contribution in [0.5, 0.6) is 0 Å². The first-order valence-electron chi connectivity index (χ1n) is 12.5. The molecule has 39 heavy (non-hydrogen) atoms. The summed E-state index contributed by atoms with van der Waals surface area (Å²) in [6, 6.07) is 14.6. The fraction of sp³-hybridized carbons (Fsp3) is 0.172. The minimum Gasteiger partial charge on any atom is -0.342 e. The van der Waals surface area contributed by atoms with Gasteiger partial charge in [-0.25, -0.2) is 13.8 Å². The number of halogens is 2. The third-order valence-electron chi connectivity index (χ3n) is 7.84. The molecular weight excluding hydrogens is 504 g/mol. The van der Waals surface area contributed by atoms with Gasteiger partial charge >= 0.3 is 0 Å². The lowest BCUT2D eigenvalue weighted by atomic mass is 9.79. The van der Waals surface area contributed by atoms with Crippen molar-refractivity contribution in [2.24, 2.45) is 0 Å². The van der Waals surface area contributed by atoms with E-state index in [4.69, 9.17) is 0 Å². The van der Waals surface area contributed by atoms with Crippen molar-refractivity contribution in [2.45, 2.75) is 24.7 Å². The van der Waals surface area contributed by atoms with E-state index in [1.165, 1.54) is 23.1 Å². The Bertz CT molecular complexity index is 1790. The number of amides is 2. The predicted molar refractivity (Wildman–Crippen MR) is 140 cm³/mol. The number of benzene rings is 2. The molecule has 0 bridgehead atoms. The number of hydrogen-bond acceptors (Lipinski definition) is 5. The van der Waals surface area contributed by atoms with Gasteiger partial charge in [-0.2, -0.15) is 0 Å². The van der Waals surface area contributed by atoms with Crippen molar-refractivity contribution in [1.29, 1.82) is 0 Å². The Hall–Kier alpha value is -4.86. The highest BCUT2D eigenvalue weighted by Crippen LogP contribution is 2.47. The summed E-state index contributed by atoms with van der Waals surface area (Å²) >= 11 is 0. The standard InChI is InChI=1S/C29H21F2N5O3/c30-21-5-6-22-19(25(21)31)7-9-36(22)27(38)16-11-23(34-24(37)12-16)33-18-4-3-15-13-29(14-17(15)10-18)20-2-1-8-32-26(20)35-28(29)39/h1-6,8,10-12H,7,9,13-14H2,(H,32,35,39)(H2,33,34,37). The van der Waals surface area contributed by atoms with E-state index in [1.54, 1.807) is 6.20 Å².